The Morgan fingerprint density at radius 3 is 2.89 bits per heavy atom. The number of methoxy groups -OCH3 is 1. The molecule has 0 spiro atoms. The fourth-order valence-corrected chi connectivity index (χ4v) is 6.23. The number of nitrogens with one attached hydrogen (secondary N) is 2. The molecule has 2 aliphatic heterocycles. The number of hydrogen-bond acceptors (Lipinski definition) is 4. The first kappa shape index (κ1) is 17.5. The molecule has 3 fully saturated rings. The molecule has 1 saturated carbocycles. The van der Waals surface area contributed by atoms with Crippen molar-refractivity contribution in [2.24, 2.45) is 5.92 Å². The third-order valence-corrected chi connectivity index (χ3v) is 7.83. The van der Waals surface area contributed by atoms with Crippen molar-refractivity contribution in [1.82, 2.24) is 10.2 Å². The van der Waals surface area contributed by atoms with Crippen LogP contribution in [0.25, 0.3) is 0 Å². The number of hydrogen-bond donors (Lipinski definition) is 2. The summed E-state index contributed by atoms with van der Waals surface area (Å²) in [6.45, 7) is 2.12. The van der Waals surface area contributed by atoms with Gasteiger partial charge in [-0.3, -0.25) is 4.79 Å². The van der Waals surface area contributed by atoms with E-state index in [4.69, 9.17) is 4.74 Å². The summed E-state index contributed by atoms with van der Waals surface area (Å²) in [7, 11) is 4.01. The minimum atomic E-state index is -0.0578. The molecule has 5 nitrogen and oxygen atoms in total. The van der Waals surface area contributed by atoms with E-state index in [0.29, 0.717) is 11.5 Å². The summed E-state index contributed by atoms with van der Waals surface area (Å²) in [5, 5.41) is 6.30. The first-order valence-corrected chi connectivity index (χ1v) is 10.6. The van der Waals surface area contributed by atoms with Gasteiger partial charge in [0.15, 0.2) is 0 Å². The summed E-state index contributed by atoms with van der Waals surface area (Å²) < 4.78 is 5.73. The van der Waals surface area contributed by atoms with Crippen LogP contribution in [0.3, 0.4) is 0 Å². The fourth-order valence-electron chi connectivity index (χ4n) is 6.23. The Kier molecular flexibility index (Phi) is 4.21. The Morgan fingerprint density at radius 1 is 1.30 bits per heavy atom. The number of rotatable bonds is 3. The van der Waals surface area contributed by atoms with Crippen LogP contribution in [0.2, 0.25) is 0 Å². The van der Waals surface area contributed by atoms with Crippen molar-refractivity contribution < 1.29 is 9.53 Å². The molecule has 2 N–H and O–H groups in total. The highest BCUT2D eigenvalue weighted by Gasteiger charge is 2.53. The average molecular weight is 370 g/mol. The number of carbonyl (C=O) groups excluding carboxylic acids is 1. The fraction of sp³-hybridized carbons (Fsp3) is 0.682. The van der Waals surface area contributed by atoms with Crippen molar-refractivity contribution in [1.29, 1.82) is 0 Å². The second kappa shape index (κ2) is 6.49. The molecule has 27 heavy (non-hydrogen) atoms. The maximum atomic E-state index is 12.5. The Hall–Kier alpha value is -1.59. The van der Waals surface area contributed by atoms with Gasteiger partial charge in [-0.25, -0.2) is 0 Å². The summed E-state index contributed by atoms with van der Waals surface area (Å²) in [6, 6.07) is 5.05. The molecular formula is C22H31N3O2. The van der Waals surface area contributed by atoms with Gasteiger partial charge in [-0.05, 0) is 81.4 Å². The van der Waals surface area contributed by atoms with Gasteiger partial charge < -0.3 is 20.3 Å². The van der Waals surface area contributed by atoms with Gasteiger partial charge in [-0.2, -0.15) is 0 Å². The molecule has 0 radical (unpaired) electrons. The van der Waals surface area contributed by atoms with E-state index < -0.39 is 0 Å². The molecule has 1 aromatic rings. The van der Waals surface area contributed by atoms with E-state index in [0.717, 1.165) is 36.7 Å². The van der Waals surface area contributed by atoms with Gasteiger partial charge in [0.1, 0.15) is 5.75 Å². The molecule has 4 atom stereocenters. The first-order valence-electron chi connectivity index (χ1n) is 10.6. The molecule has 4 aliphatic rings. The Labute approximate surface area is 161 Å². The van der Waals surface area contributed by atoms with Crippen LogP contribution in [-0.2, 0) is 16.6 Å². The van der Waals surface area contributed by atoms with Crippen LogP contribution in [0.1, 0.15) is 49.7 Å². The second-order valence-electron chi connectivity index (χ2n) is 9.00. The number of fused-ring (bicyclic) bond motifs is 1. The zero-order chi connectivity index (χ0) is 18.6. The molecule has 146 valence electrons. The summed E-state index contributed by atoms with van der Waals surface area (Å²) in [6.07, 6.45) is 8.60. The minimum absolute atomic E-state index is 0.0568. The SMILES string of the molecule is COc1cc2c(cc1NC(=O)C1CCN1)CC1C3CCCCC23CCN1C. The molecule has 1 aromatic carbocycles. The number of benzene rings is 1. The lowest BCUT2D eigenvalue weighted by molar-refractivity contribution is -0.119. The lowest BCUT2D eigenvalue weighted by Gasteiger charge is -2.58. The normalized spacial score (nSPS) is 34.8. The maximum Gasteiger partial charge on any atom is 0.241 e. The summed E-state index contributed by atoms with van der Waals surface area (Å²) in [5.74, 6) is 1.64. The van der Waals surface area contributed by atoms with Crippen LogP contribution in [0, 0.1) is 5.92 Å². The molecule has 0 aromatic heterocycles. The molecule has 2 aliphatic carbocycles. The number of likely N-dealkylation sites (tertiary alicyclic amines) is 1. The Morgan fingerprint density at radius 2 is 2.15 bits per heavy atom. The molecule has 5 heteroatoms. The van der Waals surface area contributed by atoms with Gasteiger partial charge in [-0.15, -0.1) is 0 Å². The van der Waals surface area contributed by atoms with Crippen molar-refractivity contribution in [3.05, 3.63) is 23.3 Å². The third-order valence-electron chi connectivity index (χ3n) is 7.83. The third kappa shape index (κ3) is 2.62. The van der Waals surface area contributed by atoms with E-state index in [-0.39, 0.29) is 11.9 Å². The predicted octanol–water partition coefficient (Wildman–Crippen LogP) is 2.68. The lowest BCUT2D eigenvalue weighted by Crippen LogP contribution is -2.59. The molecule has 2 bridgehead atoms. The number of piperidine rings is 1. The van der Waals surface area contributed by atoms with E-state index in [1.807, 2.05) is 0 Å². The largest absolute Gasteiger partial charge is 0.495 e. The van der Waals surface area contributed by atoms with E-state index >= 15 is 0 Å². The number of carbonyl (C=O) groups is 1. The number of ether oxygens (including phenoxy) is 1. The van der Waals surface area contributed by atoms with Gasteiger partial charge >= 0.3 is 0 Å². The summed E-state index contributed by atoms with van der Waals surface area (Å²) >= 11 is 0. The first-order chi connectivity index (χ1) is 13.1. The molecular weight excluding hydrogens is 338 g/mol. The van der Waals surface area contributed by atoms with Crippen molar-refractivity contribution in [3.63, 3.8) is 0 Å². The van der Waals surface area contributed by atoms with Gasteiger partial charge in [0.2, 0.25) is 5.91 Å². The number of anilines is 1. The molecule has 2 heterocycles. The maximum absolute atomic E-state index is 12.5. The Balaban J connectivity index is 1.55. The second-order valence-corrected chi connectivity index (χ2v) is 9.00. The number of likely N-dealkylation sites (N-methyl/N-ethyl adjacent to an activating group) is 1. The molecule has 1 amide bonds. The van der Waals surface area contributed by atoms with E-state index in [1.165, 1.54) is 49.8 Å². The Bertz CT molecular complexity index is 760. The van der Waals surface area contributed by atoms with Crippen LogP contribution in [-0.4, -0.2) is 50.1 Å². The smallest absolute Gasteiger partial charge is 0.241 e. The molecule has 5 rings (SSSR count). The lowest BCUT2D eigenvalue weighted by atomic mass is 9.52. The highest BCUT2D eigenvalue weighted by Crippen LogP contribution is 2.56. The van der Waals surface area contributed by atoms with E-state index in [1.54, 1.807) is 7.11 Å². The average Bonchev–Trinajstić information content (AvgIpc) is 2.62. The minimum Gasteiger partial charge on any atom is -0.495 e. The van der Waals surface area contributed by atoms with Crippen molar-refractivity contribution in [3.8, 4) is 5.75 Å². The highest BCUT2D eigenvalue weighted by atomic mass is 16.5. The van der Waals surface area contributed by atoms with Crippen molar-refractivity contribution in [2.45, 2.75) is 62.4 Å². The van der Waals surface area contributed by atoms with Gasteiger partial charge in [0.05, 0.1) is 18.8 Å². The summed E-state index contributed by atoms with van der Waals surface area (Å²) in [5.41, 5.74) is 4.07. The van der Waals surface area contributed by atoms with Crippen LogP contribution in [0.15, 0.2) is 12.1 Å². The predicted molar refractivity (Wildman–Crippen MR) is 106 cm³/mol. The van der Waals surface area contributed by atoms with Crippen LogP contribution in [0.5, 0.6) is 5.75 Å². The van der Waals surface area contributed by atoms with Gasteiger partial charge in [0, 0.05) is 11.5 Å². The molecule has 4 unspecified atom stereocenters. The van der Waals surface area contributed by atoms with Gasteiger partial charge in [-0.1, -0.05) is 12.8 Å². The highest BCUT2D eigenvalue weighted by molar-refractivity contribution is 5.96. The van der Waals surface area contributed by atoms with Gasteiger partial charge in [0.25, 0.3) is 0 Å². The standard InChI is InChI=1S/C22H31N3O2/c1-25-10-8-22-7-4-3-5-15(22)19(25)12-14-11-18(20(27-2)13-16(14)22)24-21(26)17-6-9-23-17/h11,13,15,17,19,23H,3-10,12H2,1-2H3,(H,24,26). The van der Waals surface area contributed by atoms with Crippen LogP contribution in [0.4, 0.5) is 5.69 Å². The monoisotopic (exact) mass is 369 g/mol. The zero-order valence-corrected chi connectivity index (χ0v) is 16.5. The van der Waals surface area contributed by atoms with Crippen molar-refractivity contribution >= 4 is 11.6 Å². The van der Waals surface area contributed by atoms with Crippen molar-refractivity contribution in [2.75, 3.05) is 32.6 Å². The molecule has 2 saturated heterocycles. The van der Waals surface area contributed by atoms with Crippen LogP contribution >= 0.6 is 0 Å². The van der Waals surface area contributed by atoms with E-state index in [2.05, 4.69) is 34.7 Å². The summed E-state index contributed by atoms with van der Waals surface area (Å²) in [4.78, 5) is 15.0. The quantitative estimate of drug-likeness (QED) is 0.860. The zero-order valence-electron chi connectivity index (χ0n) is 16.5. The van der Waals surface area contributed by atoms with Crippen LogP contribution < -0.4 is 15.4 Å². The topological polar surface area (TPSA) is 53.6 Å². The van der Waals surface area contributed by atoms with E-state index in [9.17, 15) is 4.79 Å². The number of nitrogens with zero attached hydrogens (tertiary/aromatic N) is 1. The number of amides is 1.